The Balaban J connectivity index is 1.97. The molecule has 1 nitrogen and oxygen atoms in total. The van der Waals surface area contributed by atoms with Gasteiger partial charge in [-0.25, -0.2) is 0 Å². The van der Waals surface area contributed by atoms with E-state index in [1.807, 2.05) is 0 Å². The lowest BCUT2D eigenvalue weighted by molar-refractivity contribution is 0.118. The van der Waals surface area contributed by atoms with Gasteiger partial charge in [0.1, 0.15) is 0 Å². The van der Waals surface area contributed by atoms with Crippen molar-refractivity contribution >= 4 is 22.6 Å². The molecule has 0 bridgehead atoms. The van der Waals surface area contributed by atoms with E-state index in [4.69, 9.17) is 4.74 Å². The molecule has 13 heavy (non-hydrogen) atoms. The first-order valence-electron chi connectivity index (χ1n) is 5.31. The molecule has 0 saturated carbocycles. The third-order valence-electron chi connectivity index (χ3n) is 2.45. The molecular weight excluding hydrogens is 275 g/mol. The van der Waals surface area contributed by atoms with Gasteiger partial charge in [0.25, 0.3) is 0 Å². The molecule has 1 rings (SSSR count). The fraction of sp³-hybridized carbons (Fsp3) is 0.818. The van der Waals surface area contributed by atoms with Crippen molar-refractivity contribution in [3.63, 3.8) is 0 Å². The van der Waals surface area contributed by atoms with E-state index in [1.165, 1.54) is 42.1 Å². The Kier molecular flexibility index (Phi) is 6.04. The van der Waals surface area contributed by atoms with Crippen LogP contribution in [0.5, 0.6) is 0 Å². The van der Waals surface area contributed by atoms with Crippen molar-refractivity contribution in [2.45, 2.75) is 51.6 Å². The number of ether oxygens (including phenoxy) is 1. The Morgan fingerprint density at radius 2 is 2.15 bits per heavy atom. The van der Waals surface area contributed by atoms with Gasteiger partial charge in [0.2, 0.25) is 0 Å². The minimum atomic E-state index is 0.433. The van der Waals surface area contributed by atoms with Crippen LogP contribution in [0.2, 0.25) is 0 Å². The monoisotopic (exact) mass is 294 g/mol. The van der Waals surface area contributed by atoms with Crippen molar-refractivity contribution in [3.05, 3.63) is 9.66 Å². The molecule has 0 fully saturated rings. The predicted molar refractivity (Wildman–Crippen MR) is 65.2 cm³/mol. The van der Waals surface area contributed by atoms with Gasteiger partial charge in [-0.1, -0.05) is 39.0 Å². The van der Waals surface area contributed by atoms with Crippen LogP contribution < -0.4 is 0 Å². The number of hydrogen-bond donors (Lipinski definition) is 0. The van der Waals surface area contributed by atoms with Crippen molar-refractivity contribution in [1.82, 2.24) is 0 Å². The maximum atomic E-state index is 5.57. The van der Waals surface area contributed by atoms with Crippen molar-refractivity contribution in [2.75, 3.05) is 6.61 Å². The van der Waals surface area contributed by atoms with E-state index in [2.05, 4.69) is 35.6 Å². The Morgan fingerprint density at radius 3 is 2.77 bits per heavy atom. The maximum absolute atomic E-state index is 5.57. The van der Waals surface area contributed by atoms with Gasteiger partial charge >= 0.3 is 0 Å². The zero-order valence-corrected chi connectivity index (χ0v) is 10.5. The van der Waals surface area contributed by atoms with Crippen LogP contribution in [0.1, 0.15) is 45.4 Å². The largest absolute Gasteiger partial charge is 0.369 e. The van der Waals surface area contributed by atoms with Crippen LogP contribution >= 0.6 is 22.6 Å². The van der Waals surface area contributed by atoms with Gasteiger partial charge in [0.05, 0.1) is 12.7 Å². The van der Waals surface area contributed by atoms with E-state index in [0.29, 0.717) is 6.10 Å². The van der Waals surface area contributed by atoms with Crippen molar-refractivity contribution in [2.24, 2.45) is 0 Å². The standard InChI is InChI=1S/C11H19IO/c1-2-3-4-5-6-7-11-10(12)8-9-13-11/h8,11H,2-7,9H2,1H3. The molecule has 0 saturated heterocycles. The SMILES string of the molecule is CCCCCCCC1OCC=C1I. The van der Waals surface area contributed by atoms with Crippen molar-refractivity contribution in [1.29, 1.82) is 0 Å². The highest BCUT2D eigenvalue weighted by atomic mass is 127. The minimum Gasteiger partial charge on any atom is -0.369 e. The molecule has 2 heteroatoms. The highest BCUT2D eigenvalue weighted by Gasteiger charge is 2.16. The second-order valence-corrected chi connectivity index (χ2v) is 4.86. The zero-order valence-electron chi connectivity index (χ0n) is 8.39. The first-order chi connectivity index (χ1) is 6.34. The van der Waals surface area contributed by atoms with E-state index < -0.39 is 0 Å². The summed E-state index contributed by atoms with van der Waals surface area (Å²) in [6, 6.07) is 0. The Hall–Kier alpha value is 0.430. The van der Waals surface area contributed by atoms with Gasteiger partial charge in [-0.05, 0) is 35.1 Å². The number of rotatable bonds is 6. The van der Waals surface area contributed by atoms with E-state index in [0.717, 1.165) is 6.61 Å². The summed E-state index contributed by atoms with van der Waals surface area (Å²) < 4.78 is 6.98. The summed E-state index contributed by atoms with van der Waals surface area (Å²) in [4.78, 5) is 0. The summed E-state index contributed by atoms with van der Waals surface area (Å²) in [5.41, 5.74) is 0. The van der Waals surface area contributed by atoms with Crippen LogP contribution in [0.3, 0.4) is 0 Å². The summed E-state index contributed by atoms with van der Waals surface area (Å²) in [6.07, 6.45) is 10.7. The fourth-order valence-electron chi connectivity index (χ4n) is 1.61. The molecule has 76 valence electrons. The minimum absolute atomic E-state index is 0.433. The molecule has 0 N–H and O–H groups in total. The van der Waals surface area contributed by atoms with E-state index >= 15 is 0 Å². The van der Waals surface area contributed by atoms with E-state index in [1.54, 1.807) is 0 Å². The van der Waals surface area contributed by atoms with Crippen LogP contribution in [-0.4, -0.2) is 12.7 Å². The van der Waals surface area contributed by atoms with Gasteiger partial charge in [0, 0.05) is 3.58 Å². The molecule has 0 aromatic rings. The summed E-state index contributed by atoms with van der Waals surface area (Å²) in [5, 5.41) is 0. The number of halogens is 1. The third-order valence-corrected chi connectivity index (χ3v) is 3.59. The smallest absolute Gasteiger partial charge is 0.0883 e. The Labute approximate surface area is 95.1 Å². The molecule has 0 aliphatic carbocycles. The fourth-order valence-corrected chi connectivity index (χ4v) is 2.28. The molecule has 1 heterocycles. The quantitative estimate of drug-likeness (QED) is 0.530. The van der Waals surface area contributed by atoms with E-state index in [-0.39, 0.29) is 0 Å². The van der Waals surface area contributed by atoms with E-state index in [9.17, 15) is 0 Å². The predicted octanol–water partition coefficient (Wildman–Crippen LogP) is 4.06. The maximum Gasteiger partial charge on any atom is 0.0883 e. The van der Waals surface area contributed by atoms with Crippen LogP contribution in [0.4, 0.5) is 0 Å². The van der Waals surface area contributed by atoms with Gasteiger partial charge in [-0.15, -0.1) is 0 Å². The number of unbranched alkanes of at least 4 members (excludes halogenated alkanes) is 4. The highest BCUT2D eigenvalue weighted by molar-refractivity contribution is 14.1. The Bertz CT molecular complexity index is 165. The average molecular weight is 294 g/mol. The van der Waals surface area contributed by atoms with Gasteiger partial charge in [-0.2, -0.15) is 0 Å². The number of hydrogen-bond acceptors (Lipinski definition) is 1. The normalized spacial score (nSPS) is 22.0. The van der Waals surface area contributed by atoms with Gasteiger partial charge in [0.15, 0.2) is 0 Å². The first-order valence-corrected chi connectivity index (χ1v) is 6.39. The lowest BCUT2D eigenvalue weighted by Crippen LogP contribution is -2.06. The second-order valence-electron chi connectivity index (χ2n) is 3.61. The molecule has 1 atom stereocenters. The summed E-state index contributed by atoms with van der Waals surface area (Å²) in [6.45, 7) is 3.09. The molecule has 0 radical (unpaired) electrons. The molecule has 1 unspecified atom stereocenters. The summed E-state index contributed by atoms with van der Waals surface area (Å²) in [7, 11) is 0. The van der Waals surface area contributed by atoms with Gasteiger partial charge in [-0.3, -0.25) is 0 Å². The molecule has 0 spiro atoms. The Morgan fingerprint density at radius 1 is 1.38 bits per heavy atom. The van der Waals surface area contributed by atoms with Gasteiger partial charge < -0.3 is 4.74 Å². The lowest BCUT2D eigenvalue weighted by Gasteiger charge is -2.10. The van der Waals surface area contributed by atoms with Crippen LogP contribution in [0.15, 0.2) is 9.66 Å². The molecule has 0 amide bonds. The first kappa shape index (κ1) is 11.5. The molecule has 0 aromatic heterocycles. The zero-order chi connectivity index (χ0) is 9.52. The molecule has 0 aromatic carbocycles. The molecule has 1 aliphatic rings. The second kappa shape index (κ2) is 6.82. The molecular formula is C11H19IO. The third kappa shape index (κ3) is 4.45. The molecule has 1 aliphatic heterocycles. The summed E-state index contributed by atoms with van der Waals surface area (Å²) in [5.74, 6) is 0. The van der Waals surface area contributed by atoms with Crippen LogP contribution in [0.25, 0.3) is 0 Å². The average Bonchev–Trinajstić information content (AvgIpc) is 2.52. The lowest BCUT2D eigenvalue weighted by atomic mass is 10.1. The van der Waals surface area contributed by atoms with Crippen molar-refractivity contribution in [3.8, 4) is 0 Å². The summed E-state index contributed by atoms with van der Waals surface area (Å²) >= 11 is 2.40. The highest BCUT2D eigenvalue weighted by Crippen LogP contribution is 2.25. The van der Waals surface area contributed by atoms with Crippen LogP contribution in [0, 0.1) is 0 Å². The van der Waals surface area contributed by atoms with Crippen LogP contribution in [-0.2, 0) is 4.74 Å². The topological polar surface area (TPSA) is 9.23 Å². The van der Waals surface area contributed by atoms with Crippen molar-refractivity contribution < 1.29 is 4.74 Å².